The third kappa shape index (κ3) is 4.63. The van der Waals surface area contributed by atoms with Gasteiger partial charge in [0.1, 0.15) is 5.60 Å². The Kier molecular flexibility index (Phi) is 5.75. The van der Waals surface area contributed by atoms with Gasteiger partial charge in [0.05, 0.1) is 13.0 Å². The van der Waals surface area contributed by atoms with Gasteiger partial charge in [0.25, 0.3) is 0 Å². The Bertz CT molecular complexity index is 594. The van der Waals surface area contributed by atoms with Crippen molar-refractivity contribution in [1.29, 1.82) is 0 Å². The topological polar surface area (TPSA) is 55.8 Å². The molecule has 6 heteroatoms. The van der Waals surface area contributed by atoms with E-state index in [4.69, 9.17) is 21.1 Å². The number of amides is 1. The minimum absolute atomic E-state index is 0.00611. The van der Waals surface area contributed by atoms with Gasteiger partial charge in [0.15, 0.2) is 0 Å². The second-order valence-electron chi connectivity index (χ2n) is 7.00. The zero-order valence-corrected chi connectivity index (χ0v) is 15.3. The molecule has 1 saturated heterocycles. The van der Waals surface area contributed by atoms with Crippen molar-refractivity contribution in [1.82, 2.24) is 4.90 Å². The highest BCUT2D eigenvalue weighted by Gasteiger charge is 2.38. The maximum Gasteiger partial charge on any atom is 0.410 e. The summed E-state index contributed by atoms with van der Waals surface area (Å²) in [7, 11) is 1.37. The van der Waals surface area contributed by atoms with Gasteiger partial charge < -0.3 is 14.4 Å². The van der Waals surface area contributed by atoms with Crippen molar-refractivity contribution in [2.45, 2.75) is 38.7 Å². The second-order valence-corrected chi connectivity index (χ2v) is 7.44. The van der Waals surface area contributed by atoms with Crippen LogP contribution in [0.2, 0.25) is 5.02 Å². The molecule has 0 aromatic heterocycles. The summed E-state index contributed by atoms with van der Waals surface area (Å²) in [4.78, 5) is 26.1. The van der Waals surface area contributed by atoms with E-state index in [1.165, 1.54) is 7.11 Å². The van der Waals surface area contributed by atoms with Crippen LogP contribution in [0.1, 0.15) is 38.7 Å². The maximum absolute atomic E-state index is 12.3. The first-order valence-electron chi connectivity index (χ1n) is 8.02. The molecule has 0 bridgehead atoms. The summed E-state index contributed by atoms with van der Waals surface area (Å²) in [5, 5.41) is 0.652. The van der Waals surface area contributed by atoms with E-state index in [1.54, 1.807) is 4.90 Å². The van der Waals surface area contributed by atoms with Crippen LogP contribution in [0, 0.1) is 5.92 Å². The minimum atomic E-state index is -0.565. The van der Waals surface area contributed by atoms with Crippen molar-refractivity contribution in [3.63, 3.8) is 0 Å². The van der Waals surface area contributed by atoms with Crippen molar-refractivity contribution in [3.05, 3.63) is 34.9 Å². The molecule has 0 spiro atoms. The molecule has 24 heavy (non-hydrogen) atoms. The number of rotatable bonds is 2. The van der Waals surface area contributed by atoms with Crippen LogP contribution >= 0.6 is 11.6 Å². The lowest BCUT2D eigenvalue weighted by atomic mass is 9.80. The number of carbonyl (C=O) groups is 2. The van der Waals surface area contributed by atoms with Gasteiger partial charge in [-0.3, -0.25) is 4.79 Å². The summed E-state index contributed by atoms with van der Waals surface area (Å²) in [6.07, 6.45) is 0.270. The van der Waals surface area contributed by atoms with Gasteiger partial charge in [-0.25, -0.2) is 4.79 Å². The largest absolute Gasteiger partial charge is 0.469 e. The molecule has 1 fully saturated rings. The van der Waals surface area contributed by atoms with E-state index in [0.29, 0.717) is 18.0 Å². The van der Waals surface area contributed by atoms with E-state index in [0.717, 1.165) is 5.56 Å². The Balaban J connectivity index is 2.17. The lowest BCUT2D eigenvalue weighted by Gasteiger charge is -2.37. The van der Waals surface area contributed by atoms with E-state index >= 15 is 0 Å². The summed E-state index contributed by atoms with van der Waals surface area (Å²) in [5.41, 5.74) is 0.462. The van der Waals surface area contributed by atoms with Crippen LogP contribution in [0.5, 0.6) is 0 Å². The van der Waals surface area contributed by atoms with Gasteiger partial charge in [0, 0.05) is 24.0 Å². The fourth-order valence-electron chi connectivity index (χ4n) is 2.94. The Morgan fingerprint density at radius 1 is 1.21 bits per heavy atom. The van der Waals surface area contributed by atoms with Gasteiger partial charge in [-0.05, 0) is 44.9 Å². The third-order valence-corrected chi connectivity index (χ3v) is 4.32. The highest BCUT2D eigenvalue weighted by Crippen LogP contribution is 2.35. The molecule has 1 amide bonds. The van der Waals surface area contributed by atoms with Crippen LogP contribution in [-0.4, -0.2) is 42.8 Å². The molecular weight excluding hydrogens is 330 g/mol. The number of hydrogen-bond donors (Lipinski definition) is 0. The molecule has 0 aliphatic carbocycles. The number of piperidine rings is 1. The normalized spacial score (nSPS) is 21.3. The van der Waals surface area contributed by atoms with Crippen LogP contribution < -0.4 is 0 Å². The Morgan fingerprint density at radius 3 is 2.38 bits per heavy atom. The molecule has 5 nitrogen and oxygen atoms in total. The molecule has 0 N–H and O–H groups in total. The molecule has 2 rings (SSSR count). The molecule has 1 aromatic rings. The molecule has 0 radical (unpaired) electrons. The van der Waals surface area contributed by atoms with Crippen molar-refractivity contribution in [3.8, 4) is 0 Å². The first-order valence-corrected chi connectivity index (χ1v) is 8.40. The molecule has 0 unspecified atom stereocenters. The quantitative estimate of drug-likeness (QED) is 0.758. The molecule has 1 aliphatic heterocycles. The highest BCUT2D eigenvalue weighted by atomic mass is 35.5. The maximum atomic E-state index is 12.3. The van der Waals surface area contributed by atoms with E-state index in [-0.39, 0.29) is 18.4 Å². The average Bonchev–Trinajstić information content (AvgIpc) is 2.52. The summed E-state index contributed by atoms with van der Waals surface area (Å²) >= 11 is 5.94. The smallest absolute Gasteiger partial charge is 0.410 e. The van der Waals surface area contributed by atoms with Crippen molar-refractivity contribution < 1.29 is 19.1 Å². The zero-order chi connectivity index (χ0) is 17.9. The van der Waals surface area contributed by atoms with Crippen LogP contribution in [0.3, 0.4) is 0 Å². The number of hydrogen-bond acceptors (Lipinski definition) is 4. The van der Waals surface area contributed by atoms with E-state index in [9.17, 15) is 9.59 Å². The van der Waals surface area contributed by atoms with E-state index in [2.05, 4.69) is 0 Å². The zero-order valence-electron chi connectivity index (χ0n) is 14.5. The van der Waals surface area contributed by atoms with E-state index < -0.39 is 17.6 Å². The summed E-state index contributed by atoms with van der Waals surface area (Å²) in [5.74, 6) is -0.742. The predicted octanol–water partition coefficient (Wildman–Crippen LogP) is 3.85. The Labute approximate surface area is 147 Å². The molecule has 0 saturated carbocycles. The third-order valence-electron chi connectivity index (χ3n) is 4.07. The lowest BCUT2D eigenvalue weighted by molar-refractivity contribution is -0.148. The molecule has 132 valence electrons. The molecule has 1 aromatic carbocycles. The van der Waals surface area contributed by atoms with Crippen LogP contribution in [-0.2, 0) is 14.3 Å². The Hall–Kier alpha value is -1.75. The number of carbonyl (C=O) groups excluding carboxylic acids is 2. The first-order chi connectivity index (χ1) is 11.2. The Morgan fingerprint density at radius 2 is 1.83 bits per heavy atom. The second kappa shape index (κ2) is 7.43. The highest BCUT2D eigenvalue weighted by molar-refractivity contribution is 6.30. The summed E-state index contributed by atoms with van der Waals surface area (Å²) < 4.78 is 10.4. The number of benzene rings is 1. The van der Waals surface area contributed by atoms with Gasteiger partial charge in [-0.15, -0.1) is 0 Å². The van der Waals surface area contributed by atoms with Gasteiger partial charge in [-0.2, -0.15) is 0 Å². The summed E-state index contributed by atoms with van der Waals surface area (Å²) in [6.45, 7) is 6.29. The number of nitrogens with zero attached hydrogens (tertiary/aromatic N) is 1. The van der Waals surface area contributed by atoms with Crippen molar-refractivity contribution in [2.24, 2.45) is 5.92 Å². The van der Waals surface area contributed by atoms with Crippen LogP contribution in [0.4, 0.5) is 4.79 Å². The SMILES string of the molecule is COC(=O)[C@@H]1CN(C(=O)OC(C)(C)C)CC[C@@H]1c1ccc(Cl)cc1. The fraction of sp³-hybridized carbons (Fsp3) is 0.556. The molecule has 2 atom stereocenters. The number of halogens is 1. The lowest BCUT2D eigenvalue weighted by Crippen LogP contribution is -2.47. The van der Waals surface area contributed by atoms with E-state index in [1.807, 2.05) is 45.0 Å². The number of esters is 1. The number of ether oxygens (including phenoxy) is 2. The van der Waals surface area contributed by atoms with Gasteiger partial charge in [-0.1, -0.05) is 23.7 Å². The van der Waals surface area contributed by atoms with Crippen molar-refractivity contribution >= 4 is 23.7 Å². The fourth-order valence-corrected chi connectivity index (χ4v) is 3.07. The van der Waals surface area contributed by atoms with Crippen LogP contribution in [0.25, 0.3) is 0 Å². The van der Waals surface area contributed by atoms with Gasteiger partial charge >= 0.3 is 12.1 Å². The number of methoxy groups -OCH3 is 1. The van der Waals surface area contributed by atoms with Crippen LogP contribution in [0.15, 0.2) is 24.3 Å². The molecular formula is C18H24ClNO4. The summed E-state index contributed by atoms with van der Waals surface area (Å²) in [6, 6.07) is 7.47. The van der Waals surface area contributed by atoms with Gasteiger partial charge in [0.2, 0.25) is 0 Å². The standard InChI is InChI=1S/C18H24ClNO4/c1-18(2,3)24-17(22)20-10-9-14(15(11-20)16(21)23-4)12-5-7-13(19)8-6-12/h5-8,14-15H,9-11H2,1-4H3/t14-,15-/m1/s1. The number of likely N-dealkylation sites (tertiary alicyclic amines) is 1. The first kappa shape index (κ1) is 18.6. The molecule has 1 aliphatic rings. The predicted molar refractivity (Wildman–Crippen MR) is 92.1 cm³/mol. The molecule has 1 heterocycles. The average molecular weight is 354 g/mol. The van der Waals surface area contributed by atoms with Crippen molar-refractivity contribution in [2.75, 3.05) is 20.2 Å². The minimum Gasteiger partial charge on any atom is -0.469 e. The monoisotopic (exact) mass is 353 g/mol.